The molecule has 0 fully saturated rings. The van der Waals surface area contributed by atoms with Gasteiger partial charge in [0.05, 0.1) is 6.10 Å². The van der Waals surface area contributed by atoms with Crippen molar-refractivity contribution in [2.45, 2.75) is 82.0 Å². The van der Waals surface area contributed by atoms with Crippen LogP contribution in [-0.4, -0.2) is 21.1 Å². The molecule has 0 aliphatic heterocycles. The Hall–Kier alpha value is -0.670. The third kappa shape index (κ3) is 4.42. The van der Waals surface area contributed by atoms with E-state index in [0.29, 0.717) is 5.75 Å². The van der Waals surface area contributed by atoms with Gasteiger partial charge in [-0.1, -0.05) is 41.5 Å². The third-order valence-corrected chi connectivity index (χ3v) is 5.15. The minimum Gasteiger partial charge on any atom is -0.507 e. The SMILES string of the molecule is [CH2]C(O)C(C)(C)Sc1cc(C(C)(C)C)c(O)c(C(C)(C)C)c1. The fourth-order valence-electron chi connectivity index (χ4n) is 2.18. The van der Waals surface area contributed by atoms with Crippen LogP contribution in [0.25, 0.3) is 0 Å². The number of hydrogen-bond acceptors (Lipinski definition) is 3. The molecule has 1 rings (SSSR count). The van der Waals surface area contributed by atoms with Crippen LogP contribution in [0.1, 0.15) is 66.5 Å². The number of benzene rings is 1. The van der Waals surface area contributed by atoms with Crippen molar-refractivity contribution in [3.05, 3.63) is 30.2 Å². The first-order chi connectivity index (χ1) is 9.66. The Balaban J connectivity index is 3.49. The van der Waals surface area contributed by atoms with E-state index in [0.717, 1.165) is 16.0 Å². The molecule has 3 heteroatoms. The van der Waals surface area contributed by atoms with Gasteiger partial charge < -0.3 is 10.2 Å². The molecular formula is C19H31O2S. The van der Waals surface area contributed by atoms with E-state index in [4.69, 9.17) is 0 Å². The quantitative estimate of drug-likeness (QED) is 0.764. The van der Waals surface area contributed by atoms with Crippen LogP contribution in [0.4, 0.5) is 0 Å². The molecule has 1 aromatic rings. The van der Waals surface area contributed by atoms with Gasteiger partial charge in [-0.3, -0.25) is 0 Å². The summed E-state index contributed by atoms with van der Waals surface area (Å²) in [5.41, 5.74) is 1.59. The minimum absolute atomic E-state index is 0.145. The number of aliphatic hydroxyl groups is 1. The van der Waals surface area contributed by atoms with Crippen molar-refractivity contribution >= 4 is 11.8 Å². The van der Waals surface area contributed by atoms with Crippen LogP contribution in [-0.2, 0) is 10.8 Å². The summed E-state index contributed by atoms with van der Waals surface area (Å²) in [6, 6.07) is 4.08. The summed E-state index contributed by atoms with van der Waals surface area (Å²) in [5, 5.41) is 20.6. The summed E-state index contributed by atoms with van der Waals surface area (Å²) in [6.07, 6.45) is -0.664. The molecular weight excluding hydrogens is 292 g/mol. The van der Waals surface area contributed by atoms with E-state index in [9.17, 15) is 10.2 Å². The number of rotatable bonds is 3. The highest BCUT2D eigenvalue weighted by Crippen LogP contribution is 2.44. The number of phenolic OH excluding ortho intramolecular Hbond substituents is 1. The Morgan fingerprint density at radius 1 is 0.909 bits per heavy atom. The highest BCUT2D eigenvalue weighted by Gasteiger charge is 2.30. The van der Waals surface area contributed by atoms with Crippen LogP contribution in [0, 0.1) is 6.92 Å². The van der Waals surface area contributed by atoms with Crippen molar-refractivity contribution in [1.29, 1.82) is 0 Å². The Morgan fingerprint density at radius 3 is 1.55 bits per heavy atom. The molecule has 22 heavy (non-hydrogen) atoms. The second kappa shape index (κ2) is 6.09. The summed E-state index contributed by atoms with van der Waals surface area (Å²) in [6.45, 7) is 20.3. The van der Waals surface area contributed by atoms with Crippen molar-refractivity contribution in [2.24, 2.45) is 0 Å². The van der Waals surface area contributed by atoms with E-state index >= 15 is 0 Å². The molecule has 2 N–H and O–H groups in total. The van der Waals surface area contributed by atoms with Gasteiger partial charge in [0, 0.05) is 20.8 Å². The molecule has 1 radical (unpaired) electrons. The summed E-state index contributed by atoms with van der Waals surface area (Å²) in [5.74, 6) is 0.386. The zero-order valence-corrected chi connectivity index (χ0v) is 16.1. The van der Waals surface area contributed by atoms with Crippen molar-refractivity contribution in [3.63, 3.8) is 0 Å². The highest BCUT2D eigenvalue weighted by molar-refractivity contribution is 8.00. The number of aromatic hydroxyl groups is 1. The second-order valence-electron chi connectivity index (χ2n) is 8.59. The van der Waals surface area contributed by atoms with Crippen LogP contribution in [0.5, 0.6) is 5.75 Å². The van der Waals surface area contributed by atoms with Gasteiger partial charge in [-0.2, -0.15) is 0 Å². The maximum atomic E-state index is 10.7. The van der Waals surface area contributed by atoms with Gasteiger partial charge in [-0.25, -0.2) is 0 Å². The maximum Gasteiger partial charge on any atom is 0.123 e. The van der Waals surface area contributed by atoms with E-state index in [1.54, 1.807) is 11.8 Å². The molecule has 0 amide bonds. The smallest absolute Gasteiger partial charge is 0.123 e. The first-order valence-electron chi connectivity index (χ1n) is 7.74. The summed E-state index contributed by atoms with van der Waals surface area (Å²) in [4.78, 5) is 1.06. The molecule has 0 aromatic heterocycles. The molecule has 125 valence electrons. The van der Waals surface area contributed by atoms with Crippen LogP contribution < -0.4 is 0 Å². The molecule has 0 spiro atoms. The Kier molecular flexibility index (Phi) is 5.36. The number of phenols is 1. The van der Waals surface area contributed by atoms with Crippen molar-refractivity contribution in [1.82, 2.24) is 0 Å². The van der Waals surface area contributed by atoms with Crippen LogP contribution in [0.3, 0.4) is 0 Å². The molecule has 1 atom stereocenters. The largest absolute Gasteiger partial charge is 0.507 e. The molecule has 0 bridgehead atoms. The van der Waals surface area contributed by atoms with Gasteiger partial charge in [-0.15, -0.1) is 11.8 Å². The lowest BCUT2D eigenvalue weighted by molar-refractivity contribution is 0.186. The predicted octanol–water partition coefficient (Wildman–Crippen LogP) is 5.05. The lowest BCUT2D eigenvalue weighted by Crippen LogP contribution is -2.30. The average molecular weight is 324 g/mol. The van der Waals surface area contributed by atoms with E-state index < -0.39 is 6.10 Å². The molecule has 0 aliphatic carbocycles. The number of aliphatic hydroxyl groups excluding tert-OH is 1. The molecule has 1 unspecified atom stereocenters. The Labute approximate surface area is 140 Å². The fraction of sp³-hybridized carbons (Fsp3) is 0.632. The summed E-state index contributed by atoms with van der Waals surface area (Å²) in [7, 11) is 0. The van der Waals surface area contributed by atoms with Gasteiger partial charge in [0.25, 0.3) is 0 Å². The Morgan fingerprint density at radius 2 is 1.27 bits per heavy atom. The van der Waals surface area contributed by atoms with Gasteiger partial charge in [-0.05, 0) is 43.7 Å². The maximum absolute atomic E-state index is 10.7. The molecule has 0 saturated heterocycles. The van der Waals surface area contributed by atoms with Crippen LogP contribution in [0.15, 0.2) is 17.0 Å². The fourth-order valence-corrected chi connectivity index (χ4v) is 3.28. The molecule has 0 aliphatic rings. The number of hydrogen-bond donors (Lipinski definition) is 2. The molecule has 1 aromatic carbocycles. The molecule has 0 heterocycles. The monoisotopic (exact) mass is 323 g/mol. The predicted molar refractivity (Wildman–Crippen MR) is 96.8 cm³/mol. The van der Waals surface area contributed by atoms with Crippen molar-refractivity contribution < 1.29 is 10.2 Å². The first-order valence-corrected chi connectivity index (χ1v) is 8.56. The molecule has 2 nitrogen and oxygen atoms in total. The van der Waals surface area contributed by atoms with E-state index in [1.807, 2.05) is 26.0 Å². The minimum atomic E-state index is -0.664. The number of thioether (sulfide) groups is 1. The first kappa shape index (κ1) is 19.4. The van der Waals surface area contributed by atoms with Gasteiger partial charge in [0.1, 0.15) is 5.75 Å². The highest BCUT2D eigenvalue weighted by atomic mass is 32.2. The normalized spacial score (nSPS) is 15.0. The molecule has 0 saturated carbocycles. The standard InChI is InChI=1S/C19H31O2S/c1-12(20)19(8,9)22-13-10-14(17(2,3)4)16(21)15(11-13)18(5,6)7/h10-12,20-21H,1H2,2-9H3. The third-order valence-electron chi connectivity index (χ3n) is 3.88. The topological polar surface area (TPSA) is 40.5 Å². The van der Waals surface area contributed by atoms with Crippen LogP contribution >= 0.6 is 11.8 Å². The summed E-state index contributed by atoms with van der Waals surface area (Å²) >= 11 is 1.60. The second-order valence-corrected chi connectivity index (χ2v) is 10.3. The van der Waals surface area contributed by atoms with E-state index in [2.05, 4.69) is 48.5 Å². The lowest BCUT2D eigenvalue weighted by Gasteiger charge is -2.31. The van der Waals surface area contributed by atoms with Gasteiger partial charge >= 0.3 is 0 Å². The Bertz CT molecular complexity index is 496. The lowest BCUT2D eigenvalue weighted by atomic mass is 9.79. The zero-order valence-electron chi connectivity index (χ0n) is 15.2. The van der Waals surface area contributed by atoms with Gasteiger partial charge in [0.15, 0.2) is 0 Å². The van der Waals surface area contributed by atoms with Crippen molar-refractivity contribution in [3.8, 4) is 5.75 Å². The van der Waals surface area contributed by atoms with E-state index in [-0.39, 0.29) is 15.6 Å². The van der Waals surface area contributed by atoms with Crippen molar-refractivity contribution in [2.75, 3.05) is 0 Å². The van der Waals surface area contributed by atoms with Crippen LogP contribution in [0.2, 0.25) is 0 Å². The zero-order chi connectivity index (χ0) is 17.5. The van der Waals surface area contributed by atoms with E-state index in [1.165, 1.54) is 0 Å². The summed E-state index contributed by atoms with van der Waals surface area (Å²) < 4.78 is -0.388. The average Bonchev–Trinajstić information content (AvgIpc) is 2.27. The van der Waals surface area contributed by atoms with Gasteiger partial charge in [0.2, 0.25) is 0 Å².